The molecule has 0 bridgehead atoms. The first-order chi connectivity index (χ1) is 11.6. The third-order valence-corrected chi connectivity index (χ3v) is 3.54. The van der Waals surface area contributed by atoms with Crippen molar-refractivity contribution in [1.29, 1.82) is 0 Å². The number of carbonyl (C=O) groups is 2. The first kappa shape index (κ1) is 17.5. The summed E-state index contributed by atoms with van der Waals surface area (Å²) >= 11 is 0. The Morgan fingerprint density at radius 1 is 1.08 bits per heavy atom. The van der Waals surface area contributed by atoms with Crippen LogP contribution >= 0.6 is 0 Å². The van der Waals surface area contributed by atoms with Crippen LogP contribution in [0.25, 0.3) is 0 Å². The molecule has 0 aliphatic rings. The van der Waals surface area contributed by atoms with Gasteiger partial charge in [0, 0.05) is 17.6 Å². The lowest BCUT2D eigenvalue weighted by molar-refractivity contribution is -0.306. The molecule has 2 rings (SSSR count). The molecule has 0 radical (unpaired) electrons. The number of anilines is 1. The third-order valence-electron chi connectivity index (χ3n) is 3.54. The first-order valence-corrected chi connectivity index (χ1v) is 7.86. The second-order valence-electron chi connectivity index (χ2n) is 5.41. The molecule has 0 heterocycles. The highest BCUT2D eigenvalue weighted by Crippen LogP contribution is 2.18. The number of aliphatic carboxylic acids is 1. The van der Waals surface area contributed by atoms with Crippen molar-refractivity contribution >= 4 is 17.6 Å². The van der Waals surface area contributed by atoms with Crippen LogP contribution in [0.15, 0.2) is 54.6 Å². The molecule has 0 unspecified atom stereocenters. The molecule has 2 aromatic rings. The Hall–Kier alpha value is -2.82. The number of carboxylic acids is 1. The van der Waals surface area contributed by atoms with E-state index in [1.54, 1.807) is 24.3 Å². The van der Waals surface area contributed by atoms with Crippen molar-refractivity contribution in [1.82, 2.24) is 0 Å². The highest BCUT2D eigenvalue weighted by atomic mass is 16.5. The van der Waals surface area contributed by atoms with Gasteiger partial charge in [0.05, 0.1) is 6.61 Å². The van der Waals surface area contributed by atoms with Gasteiger partial charge in [0.2, 0.25) is 5.91 Å². The Kier molecular flexibility index (Phi) is 6.37. The fraction of sp³-hybridized carbons (Fsp3) is 0.263. The number of hydrogen-bond acceptors (Lipinski definition) is 4. The van der Waals surface area contributed by atoms with Crippen LogP contribution in [-0.2, 0) is 16.0 Å². The fourth-order valence-electron chi connectivity index (χ4n) is 2.40. The van der Waals surface area contributed by atoms with E-state index in [4.69, 9.17) is 4.74 Å². The minimum absolute atomic E-state index is 0.322. The Balaban J connectivity index is 2.05. The minimum Gasteiger partial charge on any atom is -0.550 e. The molecule has 24 heavy (non-hydrogen) atoms. The number of nitrogens with one attached hydrogen (secondary N) is 1. The lowest BCUT2D eigenvalue weighted by Crippen LogP contribution is -2.32. The molecule has 0 aliphatic heterocycles. The van der Waals surface area contributed by atoms with E-state index in [-0.39, 0.29) is 12.3 Å². The van der Waals surface area contributed by atoms with Gasteiger partial charge in [0.1, 0.15) is 5.75 Å². The van der Waals surface area contributed by atoms with Gasteiger partial charge in [0.15, 0.2) is 0 Å². The summed E-state index contributed by atoms with van der Waals surface area (Å²) in [4.78, 5) is 23.4. The van der Waals surface area contributed by atoms with E-state index in [0.29, 0.717) is 24.5 Å². The predicted molar refractivity (Wildman–Crippen MR) is 89.5 cm³/mol. The van der Waals surface area contributed by atoms with Crippen LogP contribution in [-0.4, -0.2) is 18.5 Å². The highest BCUT2D eigenvalue weighted by Gasteiger charge is 2.19. The van der Waals surface area contributed by atoms with Crippen LogP contribution in [0.1, 0.15) is 18.9 Å². The Labute approximate surface area is 141 Å². The van der Waals surface area contributed by atoms with Crippen LogP contribution in [0.3, 0.4) is 0 Å². The van der Waals surface area contributed by atoms with Gasteiger partial charge in [-0.05, 0) is 49.6 Å². The van der Waals surface area contributed by atoms with Crippen LogP contribution in [0.2, 0.25) is 0 Å². The number of carbonyl (C=O) groups excluding carboxylic acids is 2. The molecule has 1 amide bonds. The number of amides is 1. The fourth-order valence-corrected chi connectivity index (χ4v) is 2.40. The van der Waals surface area contributed by atoms with E-state index in [2.05, 4.69) is 5.32 Å². The maximum Gasteiger partial charge on any atom is 0.228 e. The van der Waals surface area contributed by atoms with Crippen LogP contribution < -0.4 is 15.2 Å². The second-order valence-corrected chi connectivity index (χ2v) is 5.41. The van der Waals surface area contributed by atoms with Gasteiger partial charge in [-0.3, -0.25) is 4.79 Å². The third kappa shape index (κ3) is 5.43. The summed E-state index contributed by atoms with van der Waals surface area (Å²) in [7, 11) is 0. The quantitative estimate of drug-likeness (QED) is 0.805. The van der Waals surface area contributed by atoms with Crippen LogP contribution in [0.4, 0.5) is 5.69 Å². The van der Waals surface area contributed by atoms with Crippen LogP contribution in [0.5, 0.6) is 5.75 Å². The van der Waals surface area contributed by atoms with Crippen molar-refractivity contribution in [2.45, 2.75) is 19.8 Å². The zero-order valence-corrected chi connectivity index (χ0v) is 13.5. The van der Waals surface area contributed by atoms with Gasteiger partial charge in [-0.25, -0.2) is 0 Å². The standard InChI is InChI=1S/C19H21NO4/c1-2-24-17-10-8-16(9-11-17)20-19(23)15(13-18(21)22)12-14-6-4-3-5-7-14/h3-11,15H,2,12-13H2,1H3,(H,20,23)(H,21,22)/p-1/t15-/m0/s1. The van der Waals surface area contributed by atoms with Crippen LogP contribution in [0, 0.1) is 5.92 Å². The number of ether oxygens (including phenoxy) is 1. The first-order valence-electron chi connectivity index (χ1n) is 7.86. The topological polar surface area (TPSA) is 78.5 Å². The minimum atomic E-state index is -1.24. The van der Waals surface area contributed by atoms with Gasteiger partial charge in [-0.2, -0.15) is 0 Å². The molecule has 0 fully saturated rings. The van der Waals surface area contributed by atoms with E-state index < -0.39 is 11.9 Å². The van der Waals surface area contributed by atoms with Gasteiger partial charge in [-0.1, -0.05) is 30.3 Å². The largest absolute Gasteiger partial charge is 0.550 e. The Morgan fingerprint density at radius 2 is 1.75 bits per heavy atom. The summed E-state index contributed by atoms with van der Waals surface area (Å²) in [6, 6.07) is 16.3. The summed E-state index contributed by atoms with van der Waals surface area (Å²) in [5.74, 6) is -1.56. The molecule has 0 saturated carbocycles. The molecule has 0 saturated heterocycles. The van der Waals surface area contributed by atoms with Gasteiger partial charge in [-0.15, -0.1) is 0 Å². The molecule has 1 atom stereocenters. The van der Waals surface area contributed by atoms with E-state index in [1.165, 1.54) is 0 Å². The van der Waals surface area contributed by atoms with Gasteiger partial charge < -0.3 is 20.0 Å². The maximum absolute atomic E-state index is 12.4. The highest BCUT2D eigenvalue weighted by molar-refractivity contribution is 5.94. The number of hydrogen-bond donors (Lipinski definition) is 1. The summed E-state index contributed by atoms with van der Waals surface area (Å²) in [5.41, 5.74) is 1.51. The molecule has 126 valence electrons. The smallest absolute Gasteiger partial charge is 0.228 e. The molecule has 5 heteroatoms. The molecule has 1 N–H and O–H groups in total. The van der Waals surface area contributed by atoms with Crippen molar-refractivity contribution in [3.8, 4) is 5.75 Å². The molecule has 0 aromatic heterocycles. The van der Waals surface area contributed by atoms with Gasteiger partial charge in [0.25, 0.3) is 0 Å². The maximum atomic E-state index is 12.4. The average Bonchev–Trinajstić information content (AvgIpc) is 2.57. The number of carboxylic acid groups (broad SMARTS) is 1. The number of benzene rings is 2. The normalized spacial score (nSPS) is 11.5. The zero-order valence-electron chi connectivity index (χ0n) is 13.5. The zero-order chi connectivity index (χ0) is 17.4. The second kappa shape index (κ2) is 8.72. The molecular weight excluding hydrogens is 306 g/mol. The average molecular weight is 326 g/mol. The number of rotatable bonds is 8. The summed E-state index contributed by atoms with van der Waals surface area (Å²) in [6.45, 7) is 2.46. The van der Waals surface area contributed by atoms with E-state index in [0.717, 1.165) is 5.56 Å². The van der Waals surface area contributed by atoms with Crippen molar-refractivity contribution < 1.29 is 19.4 Å². The van der Waals surface area contributed by atoms with Crippen molar-refractivity contribution in [3.05, 3.63) is 60.2 Å². The summed E-state index contributed by atoms with van der Waals surface area (Å²) in [6.07, 6.45) is 0.0233. The van der Waals surface area contributed by atoms with Gasteiger partial charge >= 0.3 is 0 Å². The predicted octanol–water partition coefficient (Wildman–Crippen LogP) is 2.02. The lowest BCUT2D eigenvalue weighted by Gasteiger charge is -2.17. The SMILES string of the molecule is CCOc1ccc(NC(=O)[C@H](CC(=O)[O-])Cc2ccccc2)cc1. The van der Waals surface area contributed by atoms with Crippen molar-refractivity contribution in [2.24, 2.45) is 5.92 Å². The molecular formula is C19H20NO4-. The Morgan fingerprint density at radius 3 is 2.33 bits per heavy atom. The molecule has 5 nitrogen and oxygen atoms in total. The van der Waals surface area contributed by atoms with E-state index in [9.17, 15) is 14.7 Å². The molecule has 0 spiro atoms. The summed E-state index contributed by atoms with van der Waals surface area (Å²) in [5, 5.41) is 13.7. The Bertz CT molecular complexity index is 668. The van der Waals surface area contributed by atoms with Crippen molar-refractivity contribution in [2.75, 3.05) is 11.9 Å². The lowest BCUT2D eigenvalue weighted by atomic mass is 9.95. The van der Waals surface area contributed by atoms with E-state index in [1.807, 2.05) is 37.3 Å². The van der Waals surface area contributed by atoms with Crippen molar-refractivity contribution in [3.63, 3.8) is 0 Å². The summed E-state index contributed by atoms with van der Waals surface area (Å²) < 4.78 is 5.35. The van der Waals surface area contributed by atoms with E-state index >= 15 is 0 Å². The molecule has 0 aliphatic carbocycles. The molecule has 2 aromatic carbocycles. The monoisotopic (exact) mass is 326 g/mol.